The fourth-order valence-corrected chi connectivity index (χ4v) is 2.29. The molecular weight excluding hydrogens is 284 g/mol. The summed E-state index contributed by atoms with van der Waals surface area (Å²) in [5, 5.41) is 3.54. The van der Waals surface area contributed by atoms with Gasteiger partial charge in [0, 0.05) is 29.3 Å². The van der Waals surface area contributed by atoms with E-state index in [9.17, 15) is 4.79 Å². The van der Waals surface area contributed by atoms with Crippen LogP contribution in [0.2, 0.25) is 0 Å². The fraction of sp³-hybridized carbons (Fsp3) is 0.533. The second-order valence-electron chi connectivity index (χ2n) is 6.12. The van der Waals surface area contributed by atoms with Gasteiger partial charge in [0.2, 0.25) is 0 Å². The molecule has 2 aliphatic heterocycles. The first-order valence-electron chi connectivity index (χ1n) is 7.07. The zero-order valence-electron chi connectivity index (χ0n) is 13.0. The molecule has 118 valence electrons. The highest BCUT2D eigenvalue weighted by Crippen LogP contribution is 2.47. The molecule has 3 rings (SSSR count). The van der Waals surface area contributed by atoms with Crippen molar-refractivity contribution >= 4 is 12.2 Å². The molecule has 2 unspecified atom stereocenters. The zero-order chi connectivity index (χ0) is 16.2. The fourth-order valence-electron chi connectivity index (χ4n) is 2.29. The van der Waals surface area contributed by atoms with Crippen LogP contribution in [0.1, 0.15) is 26.3 Å². The van der Waals surface area contributed by atoms with Gasteiger partial charge in [0.05, 0.1) is 6.61 Å². The van der Waals surface area contributed by atoms with E-state index in [0.29, 0.717) is 12.2 Å². The highest BCUT2D eigenvalue weighted by Gasteiger charge is 2.58. The largest absolute Gasteiger partial charge is 0.462 e. The van der Waals surface area contributed by atoms with Gasteiger partial charge in [-0.3, -0.25) is 9.69 Å². The van der Waals surface area contributed by atoms with Gasteiger partial charge in [0.25, 0.3) is 6.47 Å². The Hall–Kier alpha value is -2.08. The lowest BCUT2D eigenvalue weighted by Crippen LogP contribution is -2.17. The third kappa shape index (κ3) is 3.76. The second-order valence-corrected chi connectivity index (χ2v) is 6.12. The molecular formula is C15H20N4O3. The Morgan fingerprint density at radius 1 is 1.41 bits per heavy atom. The van der Waals surface area contributed by atoms with Crippen molar-refractivity contribution in [2.45, 2.75) is 32.1 Å². The predicted molar refractivity (Wildman–Crippen MR) is 81.4 cm³/mol. The van der Waals surface area contributed by atoms with Crippen LogP contribution in [0.3, 0.4) is 0 Å². The minimum atomic E-state index is -0.318. The number of nitrogens with zero attached hydrogens (tertiary/aromatic N) is 4. The minimum absolute atomic E-state index is 0.158. The molecule has 7 heteroatoms. The van der Waals surface area contributed by atoms with Crippen LogP contribution in [-0.4, -0.2) is 36.7 Å². The first kappa shape index (κ1) is 16.3. The van der Waals surface area contributed by atoms with Crippen LogP contribution >= 0.6 is 0 Å². The maximum absolute atomic E-state index is 9.60. The first-order valence-corrected chi connectivity index (χ1v) is 7.07. The Balaban J connectivity index is 0.000000217. The van der Waals surface area contributed by atoms with Gasteiger partial charge < -0.3 is 9.47 Å². The van der Waals surface area contributed by atoms with Crippen LogP contribution in [0.5, 0.6) is 0 Å². The molecule has 2 saturated heterocycles. The molecule has 0 amide bonds. The Labute approximate surface area is 129 Å². The lowest BCUT2D eigenvalue weighted by atomic mass is 10.1. The smallest absolute Gasteiger partial charge is 0.293 e. The van der Waals surface area contributed by atoms with E-state index in [1.165, 1.54) is 0 Å². The van der Waals surface area contributed by atoms with E-state index in [0.717, 1.165) is 25.3 Å². The molecule has 1 aromatic rings. The number of benzene rings is 1. The van der Waals surface area contributed by atoms with Crippen LogP contribution in [0.4, 0.5) is 5.69 Å². The van der Waals surface area contributed by atoms with Crippen molar-refractivity contribution in [2.75, 3.05) is 19.7 Å². The van der Waals surface area contributed by atoms with E-state index in [-0.39, 0.29) is 11.3 Å². The maximum atomic E-state index is 9.60. The predicted octanol–water partition coefficient (Wildman–Crippen LogP) is 3.08. The number of carbonyl (C=O) groups is 1. The van der Waals surface area contributed by atoms with Crippen LogP contribution in [0, 0.1) is 0 Å². The van der Waals surface area contributed by atoms with Crippen molar-refractivity contribution in [2.24, 2.45) is 5.11 Å². The summed E-state index contributed by atoms with van der Waals surface area (Å²) in [5.41, 5.74) is 9.60. The van der Waals surface area contributed by atoms with Crippen molar-refractivity contribution in [1.29, 1.82) is 0 Å². The van der Waals surface area contributed by atoms with Crippen molar-refractivity contribution in [3.05, 3.63) is 40.3 Å². The van der Waals surface area contributed by atoms with Crippen LogP contribution in [-0.2, 0) is 20.0 Å². The van der Waals surface area contributed by atoms with Crippen LogP contribution in [0.25, 0.3) is 10.4 Å². The van der Waals surface area contributed by atoms with Gasteiger partial charge in [0.1, 0.15) is 5.60 Å². The summed E-state index contributed by atoms with van der Waals surface area (Å²) < 4.78 is 10.3. The van der Waals surface area contributed by atoms with E-state index >= 15 is 0 Å². The van der Waals surface area contributed by atoms with E-state index in [1.807, 2.05) is 45.0 Å². The van der Waals surface area contributed by atoms with E-state index in [4.69, 9.17) is 10.3 Å². The summed E-state index contributed by atoms with van der Waals surface area (Å²) >= 11 is 0. The minimum Gasteiger partial charge on any atom is -0.462 e. The molecule has 22 heavy (non-hydrogen) atoms. The van der Waals surface area contributed by atoms with Gasteiger partial charge in [-0.2, -0.15) is 0 Å². The summed E-state index contributed by atoms with van der Waals surface area (Å²) in [7, 11) is 0. The van der Waals surface area contributed by atoms with Crippen molar-refractivity contribution < 1.29 is 14.3 Å². The van der Waals surface area contributed by atoms with Crippen LogP contribution < -0.4 is 0 Å². The number of ether oxygens (including phenoxy) is 2. The van der Waals surface area contributed by atoms with Gasteiger partial charge in [-0.25, -0.2) is 0 Å². The Kier molecular flexibility index (Phi) is 4.71. The Morgan fingerprint density at radius 2 is 2.09 bits per heavy atom. The molecule has 0 bridgehead atoms. The Morgan fingerprint density at radius 3 is 2.45 bits per heavy atom. The molecule has 0 aromatic heterocycles. The highest BCUT2D eigenvalue weighted by atomic mass is 16.5. The maximum Gasteiger partial charge on any atom is 0.293 e. The van der Waals surface area contributed by atoms with Crippen LogP contribution in [0.15, 0.2) is 29.4 Å². The standard InChI is InChI=1S/C10H10N4O.C5H10O2/c11-13-12-9-3-1-8(2-4-9)10-7-14(10)5-6-15-10;1-5(2,3)7-4-6/h1-4H,5-7H2;4H,1-3H3. The summed E-state index contributed by atoms with van der Waals surface area (Å²) in [6, 6.07) is 7.58. The van der Waals surface area contributed by atoms with E-state index < -0.39 is 0 Å². The second kappa shape index (κ2) is 6.36. The zero-order valence-corrected chi connectivity index (χ0v) is 13.0. The van der Waals surface area contributed by atoms with E-state index in [2.05, 4.69) is 19.7 Å². The first-order chi connectivity index (χ1) is 10.4. The molecule has 0 spiro atoms. The summed E-state index contributed by atoms with van der Waals surface area (Å²) in [6.45, 7) is 8.72. The van der Waals surface area contributed by atoms with Gasteiger partial charge in [0.15, 0.2) is 5.72 Å². The number of fused-ring (bicyclic) bond motifs is 1. The molecule has 0 radical (unpaired) electrons. The van der Waals surface area contributed by atoms with Gasteiger partial charge in [-0.15, -0.1) is 0 Å². The average molecular weight is 304 g/mol. The quantitative estimate of drug-likeness (QED) is 0.282. The third-order valence-electron chi connectivity index (χ3n) is 3.39. The van der Waals surface area contributed by atoms with Crippen molar-refractivity contribution in [1.82, 2.24) is 4.90 Å². The number of hydrogen-bond donors (Lipinski definition) is 0. The Bertz CT molecular complexity index is 575. The van der Waals surface area contributed by atoms with Gasteiger partial charge in [-0.1, -0.05) is 29.4 Å². The number of carbonyl (C=O) groups excluding carboxylic acids is 1. The molecule has 0 aliphatic carbocycles. The van der Waals surface area contributed by atoms with Crippen molar-refractivity contribution in [3.8, 4) is 0 Å². The summed E-state index contributed by atoms with van der Waals surface area (Å²) in [4.78, 5) is 14.6. The van der Waals surface area contributed by atoms with Gasteiger partial charge >= 0.3 is 0 Å². The molecule has 0 saturated carbocycles. The highest BCUT2D eigenvalue weighted by molar-refractivity contribution is 5.42. The molecule has 0 N–H and O–H groups in total. The normalized spacial score (nSPS) is 25.1. The molecule has 7 nitrogen and oxygen atoms in total. The average Bonchev–Trinajstić information content (AvgIpc) is 3.01. The lowest BCUT2D eigenvalue weighted by molar-refractivity contribution is -0.138. The molecule has 2 atom stereocenters. The number of hydrogen-bond acceptors (Lipinski definition) is 5. The number of morpholine rings is 1. The topological polar surface area (TPSA) is 87.3 Å². The monoisotopic (exact) mass is 304 g/mol. The van der Waals surface area contributed by atoms with Gasteiger partial charge in [-0.05, 0) is 26.3 Å². The lowest BCUT2D eigenvalue weighted by Gasteiger charge is -2.14. The number of rotatable bonds is 3. The third-order valence-corrected chi connectivity index (χ3v) is 3.39. The number of azide groups is 1. The summed E-state index contributed by atoms with van der Waals surface area (Å²) in [6.07, 6.45) is 0. The SMILES string of the molecule is CC(C)(C)OC=O.[N-]=[N+]=Nc1ccc(C23CN2CCO3)cc1. The summed E-state index contributed by atoms with van der Waals surface area (Å²) in [5.74, 6) is 0. The molecule has 2 fully saturated rings. The molecule has 2 aliphatic rings. The molecule has 2 heterocycles. The van der Waals surface area contributed by atoms with Crippen molar-refractivity contribution in [3.63, 3.8) is 0 Å². The molecule has 1 aromatic carbocycles. The van der Waals surface area contributed by atoms with E-state index in [1.54, 1.807) is 0 Å².